The fourth-order valence-corrected chi connectivity index (χ4v) is 1.88. The van der Waals surface area contributed by atoms with E-state index in [9.17, 15) is 19.2 Å². The Morgan fingerprint density at radius 2 is 1.32 bits per heavy atom. The number of carboxylic acids is 4. The van der Waals surface area contributed by atoms with E-state index >= 15 is 0 Å². The highest BCUT2D eigenvalue weighted by atomic mass is 32.1. The summed E-state index contributed by atoms with van der Waals surface area (Å²) in [4.78, 5) is 39.6. The Kier molecular flexibility index (Phi) is 23.4. The number of thiol groups is 1. The van der Waals surface area contributed by atoms with Crippen LogP contribution >= 0.6 is 12.6 Å². The van der Waals surface area contributed by atoms with Crippen molar-refractivity contribution >= 4 is 42.5 Å². The lowest BCUT2D eigenvalue weighted by Crippen LogP contribution is -2.34. The van der Waals surface area contributed by atoms with Crippen molar-refractivity contribution in [3.63, 3.8) is 0 Å². The van der Waals surface area contributed by atoms with Crippen molar-refractivity contribution in [3.05, 3.63) is 29.8 Å². The summed E-state index contributed by atoms with van der Waals surface area (Å²) in [6.07, 6.45) is 1.25. The Balaban J connectivity index is -0.000000444. The number of hydrogen-bond acceptors (Lipinski definition) is 11. The molecule has 1 aromatic carbocycles. The zero-order valence-corrected chi connectivity index (χ0v) is 20.9. The molecule has 0 saturated heterocycles. The fourth-order valence-electron chi connectivity index (χ4n) is 1.72. The number of guanidine groups is 1. The second kappa shape index (κ2) is 22.8. The van der Waals surface area contributed by atoms with Crippen molar-refractivity contribution in [3.8, 4) is 5.75 Å². The molecule has 3 atom stereocenters. The van der Waals surface area contributed by atoms with Gasteiger partial charge in [0.05, 0.1) is 6.54 Å². The van der Waals surface area contributed by atoms with E-state index in [-0.39, 0.29) is 30.4 Å². The monoisotopic (exact) mass is 551 g/mol. The number of nitrogens with one attached hydrogen (secondary N) is 2. The highest BCUT2D eigenvalue weighted by Gasteiger charge is 2.11. The van der Waals surface area contributed by atoms with Crippen LogP contribution in [-0.2, 0) is 25.6 Å². The summed E-state index contributed by atoms with van der Waals surface area (Å²) in [7, 11) is 0. The molecule has 0 aliphatic rings. The Morgan fingerprint density at radius 1 is 0.892 bits per heavy atom. The van der Waals surface area contributed by atoms with E-state index in [0.29, 0.717) is 19.4 Å². The smallest absolute Gasteiger partial charge is 0.321 e. The predicted octanol–water partition coefficient (Wildman–Crippen LogP) is -2.63. The molecular formula is C20H37N7O9S. The molecule has 1 rings (SSSR count). The maximum atomic E-state index is 10.4. The quantitative estimate of drug-likeness (QED) is 0.0578. The number of benzene rings is 1. The summed E-state index contributed by atoms with van der Waals surface area (Å²) in [6, 6.07) is 3.79. The number of carboxylic acid groups (broad SMARTS) is 4. The first kappa shape index (κ1) is 37.9. The molecule has 3 unspecified atom stereocenters. The minimum atomic E-state index is -1.02. The normalized spacial score (nSPS) is 11.8. The molecule has 0 aromatic heterocycles. The Bertz CT molecular complexity index is 829. The lowest BCUT2D eigenvalue weighted by molar-refractivity contribution is -0.139. The molecule has 0 fully saturated rings. The van der Waals surface area contributed by atoms with Crippen LogP contribution in [-0.4, -0.2) is 92.3 Å². The highest BCUT2D eigenvalue weighted by molar-refractivity contribution is 7.80. The molecule has 0 heterocycles. The molecule has 16 nitrogen and oxygen atoms in total. The van der Waals surface area contributed by atoms with Crippen LogP contribution in [0.2, 0.25) is 0 Å². The third-order valence-electron chi connectivity index (χ3n) is 3.72. The maximum Gasteiger partial charge on any atom is 0.321 e. The third kappa shape index (κ3) is 26.8. The van der Waals surface area contributed by atoms with Crippen LogP contribution in [0.5, 0.6) is 5.75 Å². The van der Waals surface area contributed by atoms with Gasteiger partial charge in [-0.25, -0.2) is 0 Å². The second-order valence-electron chi connectivity index (χ2n) is 6.97. The van der Waals surface area contributed by atoms with Gasteiger partial charge >= 0.3 is 23.9 Å². The van der Waals surface area contributed by atoms with Crippen molar-refractivity contribution < 1.29 is 44.7 Å². The van der Waals surface area contributed by atoms with E-state index in [2.05, 4.69) is 23.7 Å². The summed E-state index contributed by atoms with van der Waals surface area (Å²) < 4.78 is 0. The van der Waals surface area contributed by atoms with Crippen LogP contribution in [0, 0.1) is 5.41 Å². The highest BCUT2D eigenvalue weighted by Crippen LogP contribution is 2.10. The van der Waals surface area contributed by atoms with Gasteiger partial charge in [-0.2, -0.15) is 12.6 Å². The molecule has 17 N–H and O–H groups in total. The molecule has 0 amide bonds. The maximum absolute atomic E-state index is 10.4. The molecule has 37 heavy (non-hydrogen) atoms. The lowest BCUT2D eigenvalue weighted by Gasteiger charge is -2.06. The number of aromatic hydroxyl groups is 1. The largest absolute Gasteiger partial charge is 0.508 e. The first-order valence-corrected chi connectivity index (χ1v) is 11.1. The zero-order valence-electron chi connectivity index (χ0n) is 20.0. The first-order valence-electron chi connectivity index (χ1n) is 10.4. The minimum Gasteiger partial charge on any atom is -0.508 e. The van der Waals surface area contributed by atoms with Gasteiger partial charge in [0.25, 0.3) is 0 Å². The van der Waals surface area contributed by atoms with Gasteiger partial charge in [0.1, 0.15) is 23.9 Å². The Morgan fingerprint density at radius 3 is 1.62 bits per heavy atom. The zero-order chi connectivity index (χ0) is 29.6. The molecule has 0 radical (unpaired) electrons. The molecule has 17 heteroatoms. The Hall–Kier alpha value is -3.64. The van der Waals surface area contributed by atoms with Crippen LogP contribution in [0.15, 0.2) is 24.3 Å². The number of carbonyl (C=O) groups is 4. The summed E-state index contributed by atoms with van der Waals surface area (Å²) in [5, 5.41) is 50.8. The summed E-state index contributed by atoms with van der Waals surface area (Å²) >= 11 is 3.65. The van der Waals surface area contributed by atoms with Crippen molar-refractivity contribution in [1.82, 2.24) is 5.32 Å². The number of rotatable bonds is 11. The van der Waals surface area contributed by atoms with Gasteiger partial charge in [-0.05, 0) is 37.0 Å². The fraction of sp³-hybridized carbons (Fsp3) is 0.450. The van der Waals surface area contributed by atoms with E-state index in [1.807, 2.05) is 0 Å². The number of phenols is 1. The van der Waals surface area contributed by atoms with Crippen LogP contribution < -0.4 is 34.0 Å². The van der Waals surface area contributed by atoms with Crippen molar-refractivity contribution in [2.45, 2.75) is 37.4 Å². The Labute approximate surface area is 218 Å². The van der Waals surface area contributed by atoms with E-state index in [1.54, 1.807) is 12.1 Å². The van der Waals surface area contributed by atoms with Gasteiger partial charge in [0.15, 0.2) is 5.96 Å². The average molecular weight is 552 g/mol. The van der Waals surface area contributed by atoms with E-state index in [4.69, 9.17) is 53.9 Å². The van der Waals surface area contributed by atoms with E-state index in [1.165, 1.54) is 12.1 Å². The summed E-state index contributed by atoms with van der Waals surface area (Å²) in [6.45, 7) is 0.205. The van der Waals surface area contributed by atoms with Gasteiger partial charge in [-0.3, -0.25) is 24.6 Å². The van der Waals surface area contributed by atoms with Crippen LogP contribution in [0.25, 0.3) is 0 Å². The van der Waals surface area contributed by atoms with E-state index in [0.717, 1.165) is 5.56 Å². The van der Waals surface area contributed by atoms with Gasteiger partial charge in [-0.15, -0.1) is 0 Å². The van der Waals surface area contributed by atoms with Crippen LogP contribution in [0.4, 0.5) is 0 Å². The van der Waals surface area contributed by atoms with Gasteiger partial charge in [0, 0.05) is 12.3 Å². The minimum absolute atomic E-state index is 0.112. The van der Waals surface area contributed by atoms with Crippen LogP contribution in [0.1, 0.15) is 18.4 Å². The van der Waals surface area contributed by atoms with Crippen molar-refractivity contribution in [1.29, 1.82) is 5.41 Å². The molecule has 1 aromatic rings. The predicted molar refractivity (Wildman–Crippen MR) is 138 cm³/mol. The SMILES string of the molecule is N=C(N)NCCCC(N)C(=O)O.NC(CS)C(=O)O.NC(Cc1ccc(O)cc1)C(=O)O.NCC(=O)O. The third-order valence-corrected chi connectivity index (χ3v) is 4.12. The standard InChI is InChI=1S/C9H11NO3.C6H14N4O2.C3H7NO2S.C2H5NO2/c10-8(9(12)13)5-6-1-3-7(11)4-2-6;7-4(5(11)12)2-1-3-10-6(8)9;4-2(1-7)3(5)6;3-1-2(4)5/h1-4,8,11H,5,10H2,(H,12,13);4H,1-3,7H2,(H,11,12)(H4,8,9,10);2,7H,1,4H2,(H,5,6);1,3H2,(H,4,5). The molecule has 0 aliphatic carbocycles. The number of aliphatic carboxylic acids is 4. The van der Waals surface area contributed by atoms with Crippen LogP contribution in [0.3, 0.4) is 0 Å². The molecule has 0 spiro atoms. The molecule has 212 valence electrons. The average Bonchev–Trinajstić information content (AvgIpc) is 2.83. The van der Waals surface area contributed by atoms with Crippen molar-refractivity contribution in [2.24, 2.45) is 28.7 Å². The number of phenolic OH excluding ortho intramolecular Hbond substituents is 1. The molecular weight excluding hydrogens is 514 g/mol. The van der Waals surface area contributed by atoms with Crippen molar-refractivity contribution in [2.75, 3.05) is 18.8 Å². The summed E-state index contributed by atoms with van der Waals surface area (Å²) in [5.74, 6) is -3.76. The second-order valence-corrected chi connectivity index (χ2v) is 7.33. The summed E-state index contributed by atoms with van der Waals surface area (Å²) in [5.41, 5.74) is 25.8. The van der Waals surface area contributed by atoms with E-state index < -0.39 is 42.0 Å². The first-order chi connectivity index (χ1) is 17.1. The lowest BCUT2D eigenvalue weighted by atomic mass is 10.1. The van der Waals surface area contributed by atoms with Gasteiger partial charge in [0.2, 0.25) is 0 Å². The molecule has 0 bridgehead atoms. The van der Waals surface area contributed by atoms with Gasteiger partial charge < -0.3 is 59.5 Å². The number of nitrogens with two attached hydrogens (primary N) is 5. The molecule has 0 saturated carbocycles. The topological polar surface area (TPSA) is 335 Å². The van der Waals surface area contributed by atoms with Gasteiger partial charge in [-0.1, -0.05) is 12.1 Å². The number of hydrogen-bond donors (Lipinski definition) is 13. The molecule has 0 aliphatic heterocycles.